The van der Waals surface area contributed by atoms with Crippen molar-refractivity contribution in [2.24, 2.45) is 0 Å². The predicted octanol–water partition coefficient (Wildman–Crippen LogP) is 3.59. The van der Waals surface area contributed by atoms with Crippen molar-refractivity contribution in [3.63, 3.8) is 0 Å². The van der Waals surface area contributed by atoms with E-state index in [2.05, 4.69) is 23.1 Å². The zero-order valence-electron chi connectivity index (χ0n) is 18.3. The highest BCUT2D eigenvalue weighted by molar-refractivity contribution is 7.80. The number of carbonyl (C=O) groups excluding carboxylic acids is 2. The van der Waals surface area contributed by atoms with Crippen LogP contribution in [0.2, 0.25) is 0 Å². The lowest BCUT2D eigenvalue weighted by molar-refractivity contribution is -0.127. The molecule has 2 rings (SSSR count). The molecule has 0 spiro atoms. The maximum absolute atomic E-state index is 12.5. The van der Waals surface area contributed by atoms with Gasteiger partial charge in [-0.2, -0.15) is 0 Å². The van der Waals surface area contributed by atoms with Gasteiger partial charge < -0.3 is 9.47 Å². The minimum atomic E-state index is -0.763. The molecule has 0 saturated heterocycles. The van der Waals surface area contributed by atoms with Crippen molar-refractivity contribution in [1.82, 2.24) is 16.2 Å². The molecule has 0 fully saturated rings. The highest BCUT2D eigenvalue weighted by atomic mass is 32.1. The van der Waals surface area contributed by atoms with Crippen LogP contribution in [0.5, 0.6) is 11.5 Å². The Bertz CT molecular complexity index is 933. The van der Waals surface area contributed by atoms with Gasteiger partial charge in [-0.15, -0.1) is 0 Å². The predicted molar refractivity (Wildman–Crippen MR) is 124 cm³/mol. The van der Waals surface area contributed by atoms with Gasteiger partial charge in [0, 0.05) is 0 Å². The highest BCUT2D eigenvalue weighted by Crippen LogP contribution is 2.19. The SMILES string of the molecule is CCCCOc1ccccc1C(=O)NC(=S)NNC(=O)C(C)Oc1ccc(C)c(C)c1. The van der Waals surface area contributed by atoms with Crippen LogP contribution in [0.3, 0.4) is 0 Å². The van der Waals surface area contributed by atoms with Crippen LogP contribution in [0.15, 0.2) is 42.5 Å². The Morgan fingerprint density at radius 3 is 2.52 bits per heavy atom. The normalized spacial score (nSPS) is 11.2. The maximum Gasteiger partial charge on any atom is 0.279 e. The van der Waals surface area contributed by atoms with Crippen molar-refractivity contribution in [2.75, 3.05) is 6.61 Å². The van der Waals surface area contributed by atoms with E-state index in [1.165, 1.54) is 0 Å². The minimum Gasteiger partial charge on any atom is -0.493 e. The molecular weight excluding hydrogens is 414 g/mol. The number of thiocarbonyl (C=S) groups is 1. The molecule has 0 aliphatic carbocycles. The van der Waals surface area contributed by atoms with Gasteiger partial charge in [-0.05, 0) is 74.8 Å². The summed E-state index contributed by atoms with van der Waals surface area (Å²) >= 11 is 5.11. The summed E-state index contributed by atoms with van der Waals surface area (Å²) in [6.45, 7) is 8.19. The van der Waals surface area contributed by atoms with E-state index in [0.717, 1.165) is 24.0 Å². The number of carbonyl (C=O) groups is 2. The van der Waals surface area contributed by atoms with Crippen molar-refractivity contribution in [2.45, 2.75) is 46.6 Å². The summed E-state index contributed by atoms with van der Waals surface area (Å²) in [5.41, 5.74) is 7.54. The molecule has 0 aliphatic heterocycles. The summed E-state index contributed by atoms with van der Waals surface area (Å²) in [5, 5.41) is 2.49. The van der Waals surface area contributed by atoms with Crippen molar-refractivity contribution in [3.05, 3.63) is 59.2 Å². The van der Waals surface area contributed by atoms with E-state index in [1.807, 2.05) is 32.0 Å². The van der Waals surface area contributed by atoms with Crippen molar-refractivity contribution < 1.29 is 19.1 Å². The molecule has 31 heavy (non-hydrogen) atoms. The van der Waals surface area contributed by atoms with Gasteiger partial charge in [0.15, 0.2) is 11.2 Å². The first kappa shape index (κ1) is 24.1. The Morgan fingerprint density at radius 1 is 1.06 bits per heavy atom. The number of ether oxygens (including phenoxy) is 2. The van der Waals surface area contributed by atoms with Crippen molar-refractivity contribution in [3.8, 4) is 11.5 Å². The number of aryl methyl sites for hydroxylation is 2. The molecule has 0 aliphatic rings. The van der Waals surface area contributed by atoms with E-state index >= 15 is 0 Å². The molecule has 8 heteroatoms. The van der Waals surface area contributed by atoms with E-state index < -0.39 is 17.9 Å². The number of amides is 2. The second-order valence-corrected chi connectivity index (χ2v) is 7.51. The lowest BCUT2D eigenvalue weighted by atomic mass is 10.1. The van der Waals surface area contributed by atoms with E-state index in [1.54, 1.807) is 31.2 Å². The minimum absolute atomic E-state index is 0.0416. The van der Waals surface area contributed by atoms with Crippen LogP contribution in [0.25, 0.3) is 0 Å². The monoisotopic (exact) mass is 443 g/mol. The zero-order chi connectivity index (χ0) is 22.8. The molecule has 0 bridgehead atoms. The summed E-state index contributed by atoms with van der Waals surface area (Å²) in [5.74, 6) is 0.216. The Balaban J connectivity index is 1.85. The molecular formula is C23H29N3O4S. The molecule has 3 N–H and O–H groups in total. The average molecular weight is 444 g/mol. The summed E-state index contributed by atoms with van der Waals surface area (Å²) in [6.07, 6.45) is 1.12. The molecule has 166 valence electrons. The number of hydrogen-bond acceptors (Lipinski definition) is 5. The Labute approximate surface area is 188 Å². The van der Waals surface area contributed by atoms with Gasteiger partial charge in [-0.3, -0.25) is 25.8 Å². The molecule has 0 radical (unpaired) electrons. The molecule has 2 amide bonds. The highest BCUT2D eigenvalue weighted by Gasteiger charge is 2.17. The molecule has 7 nitrogen and oxygen atoms in total. The van der Waals surface area contributed by atoms with Crippen LogP contribution in [-0.2, 0) is 4.79 Å². The van der Waals surface area contributed by atoms with Gasteiger partial charge in [0.2, 0.25) is 0 Å². The number of para-hydroxylation sites is 1. The first-order valence-electron chi connectivity index (χ1n) is 10.2. The summed E-state index contributed by atoms with van der Waals surface area (Å²) in [4.78, 5) is 24.8. The van der Waals surface area contributed by atoms with Crippen molar-refractivity contribution >= 4 is 29.1 Å². The number of benzene rings is 2. The second kappa shape index (κ2) is 11.9. The number of unbranched alkanes of at least 4 members (excludes halogenated alkanes) is 1. The summed E-state index contributed by atoms with van der Waals surface area (Å²) in [6, 6.07) is 12.5. The lowest BCUT2D eigenvalue weighted by Gasteiger charge is -2.17. The van der Waals surface area contributed by atoms with Crippen LogP contribution < -0.4 is 25.6 Å². The fraction of sp³-hybridized carbons (Fsp3) is 0.348. The van der Waals surface area contributed by atoms with Crippen LogP contribution in [0.4, 0.5) is 0 Å². The van der Waals surface area contributed by atoms with E-state index in [9.17, 15) is 9.59 Å². The van der Waals surface area contributed by atoms with Crippen LogP contribution in [0.1, 0.15) is 48.2 Å². The number of rotatable bonds is 8. The molecule has 1 unspecified atom stereocenters. The van der Waals surface area contributed by atoms with Gasteiger partial charge in [0.25, 0.3) is 11.8 Å². The summed E-state index contributed by atoms with van der Waals surface area (Å²) in [7, 11) is 0. The van der Waals surface area contributed by atoms with Gasteiger partial charge in [-0.1, -0.05) is 31.5 Å². The standard InChI is InChI=1S/C23H29N3O4S/c1-5-6-13-29-20-10-8-7-9-19(20)22(28)24-23(31)26-25-21(27)17(4)30-18-12-11-15(2)16(3)14-18/h7-12,14,17H,5-6,13H2,1-4H3,(H,25,27)(H2,24,26,28,31). The van der Waals surface area contributed by atoms with Gasteiger partial charge in [0.05, 0.1) is 12.2 Å². The quantitative estimate of drug-likeness (QED) is 0.328. The Hall–Kier alpha value is -3.13. The summed E-state index contributed by atoms with van der Waals surface area (Å²) < 4.78 is 11.3. The average Bonchev–Trinajstić information content (AvgIpc) is 2.75. The topological polar surface area (TPSA) is 88.7 Å². The van der Waals surface area contributed by atoms with Crippen LogP contribution in [-0.4, -0.2) is 29.6 Å². The molecule has 0 aromatic heterocycles. The fourth-order valence-electron chi connectivity index (χ4n) is 2.57. The number of hydrazine groups is 1. The third-order valence-corrected chi connectivity index (χ3v) is 4.78. The second-order valence-electron chi connectivity index (χ2n) is 7.10. The molecule has 0 heterocycles. The Kier molecular flexibility index (Phi) is 9.27. The lowest BCUT2D eigenvalue weighted by Crippen LogP contribution is -2.51. The molecule has 1 atom stereocenters. The Morgan fingerprint density at radius 2 is 1.81 bits per heavy atom. The number of nitrogens with one attached hydrogen (secondary N) is 3. The van der Waals surface area contributed by atoms with E-state index in [-0.39, 0.29) is 5.11 Å². The van der Waals surface area contributed by atoms with Crippen molar-refractivity contribution in [1.29, 1.82) is 0 Å². The molecule has 2 aromatic rings. The van der Waals surface area contributed by atoms with Crippen LogP contribution in [0, 0.1) is 13.8 Å². The van der Waals surface area contributed by atoms with Gasteiger partial charge in [0.1, 0.15) is 11.5 Å². The maximum atomic E-state index is 12.5. The first-order chi connectivity index (χ1) is 14.8. The largest absolute Gasteiger partial charge is 0.493 e. The smallest absolute Gasteiger partial charge is 0.279 e. The molecule has 0 saturated carbocycles. The number of hydrogen-bond donors (Lipinski definition) is 3. The third-order valence-electron chi connectivity index (χ3n) is 4.57. The van der Waals surface area contributed by atoms with E-state index in [4.69, 9.17) is 21.7 Å². The first-order valence-corrected chi connectivity index (χ1v) is 10.6. The van der Waals surface area contributed by atoms with Crippen LogP contribution >= 0.6 is 12.2 Å². The van der Waals surface area contributed by atoms with Gasteiger partial charge in [-0.25, -0.2) is 0 Å². The van der Waals surface area contributed by atoms with Gasteiger partial charge >= 0.3 is 0 Å². The molecule has 2 aromatic carbocycles. The zero-order valence-corrected chi connectivity index (χ0v) is 19.1. The fourth-order valence-corrected chi connectivity index (χ4v) is 2.72. The third kappa shape index (κ3) is 7.57. The van der Waals surface area contributed by atoms with E-state index in [0.29, 0.717) is 23.7 Å².